The van der Waals surface area contributed by atoms with E-state index in [0.717, 1.165) is 11.8 Å². The zero-order chi connectivity index (χ0) is 13.1. The van der Waals surface area contributed by atoms with Crippen molar-refractivity contribution in [2.75, 3.05) is 0 Å². The highest BCUT2D eigenvalue weighted by atomic mass is 32.2. The number of phenolic OH excluding ortho intramolecular Hbond substituents is 2. The van der Waals surface area contributed by atoms with Crippen LogP contribution in [-0.2, 0) is 16.1 Å². The van der Waals surface area contributed by atoms with Gasteiger partial charge in [0, 0.05) is 13.0 Å². The maximum atomic E-state index is 11.0. The molecule has 0 aliphatic heterocycles. The summed E-state index contributed by atoms with van der Waals surface area (Å²) in [6.45, 7) is 5.29. The number of hydrogen-bond acceptors (Lipinski definition) is 5. The molecule has 0 amide bonds. The van der Waals surface area contributed by atoms with Crippen molar-refractivity contribution in [2.45, 2.75) is 32.3 Å². The molecule has 2 N–H and O–H groups in total. The normalized spacial score (nSPS) is 11.5. The quantitative estimate of drug-likeness (QED) is 0.811. The number of ether oxygens (including phenoxy) is 1. The Hall–Kier alpha value is -1.20. The second-order valence-electron chi connectivity index (χ2n) is 4.14. The largest absolute Gasteiger partial charge is 0.508 e. The molecular formula is C12H16O4S. The van der Waals surface area contributed by atoms with Crippen molar-refractivity contribution < 1.29 is 19.7 Å². The van der Waals surface area contributed by atoms with Crippen LogP contribution in [0.5, 0.6) is 11.5 Å². The van der Waals surface area contributed by atoms with Crippen molar-refractivity contribution in [3.63, 3.8) is 0 Å². The van der Waals surface area contributed by atoms with Gasteiger partial charge >= 0.3 is 0 Å². The van der Waals surface area contributed by atoms with E-state index >= 15 is 0 Å². The number of phenols is 2. The van der Waals surface area contributed by atoms with Crippen LogP contribution in [0.15, 0.2) is 18.2 Å². The van der Waals surface area contributed by atoms with E-state index in [1.54, 1.807) is 13.8 Å². The Morgan fingerprint density at radius 3 is 2.29 bits per heavy atom. The van der Waals surface area contributed by atoms with Crippen LogP contribution in [0.2, 0.25) is 0 Å². The van der Waals surface area contributed by atoms with Gasteiger partial charge in [0.15, 0.2) is 5.12 Å². The smallest absolute Gasteiger partial charge is 0.188 e. The fraction of sp³-hybridized carbons (Fsp3) is 0.417. The van der Waals surface area contributed by atoms with Crippen molar-refractivity contribution in [1.82, 2.24) is 0 Å². The summed E-state index contributed by atoms with van der Waals surface area (Å²) in [5, 5.41) is 18.6. The SMILES string of the molecule is CC(=O)SC(C)(C)OCc1cc(O)cc(O)c1. The van der Waals surface area contributed by atoms with E-state index in [1.165, 1.54) is 25.1 Å². The predicted molar refractivity (Wildman–Crippen MR) is 66.9 cm³/mol. The summed E-state index contributed by atoms with van der Waals surface area (Å²) < 4.78 is 5.56. The van der Waals surface area contributed by atoms with E-state index in [4.69, 9.17) is 4.74 Å². The van der Waals surface area contributed by atoms with Crippen LogP contribution in [0, 0.1) is 0 Å². The topological polar surface area (TPSA) is 66.8 Å². The van der Waals surface area contributed by atoms with Crippen molar-refractivity contribution in [2.24, 2.45) is 0 Å². The van der Waals surface area contributed by atoms with Gasteiger partial charge in [-0.3, -0.25) is 4.79 Å². The minimum Gasteiger partial charge on any atom is -0.508 e. The molecule has 4 nitrogen and oxygen atoms in total. The van der Waals surface area contributed by atoms with Gasteiger partial charge in [-0.1, -0.05) is 11.8 Å². The fourth-order valence-corrected chi connectivity index (χ4v) is 2.18. The van der Waals surface area contributed by atoms with Crippen LogP contribution >= 0.6 is 11.8 Å². The molecule has 1 aromatic rings. The van der Waals surface area contributed by atoms with E-state index in [1.807, 2.05) is 0 Å². The van der Waals surface area contributed by atoms with Gasteiger partial charge in [0.1, 0.15) is 16.4 Å². The Labute approximate surface area is 105 Å². The van der Waals surface area contributed by atoms with Crippen LogP contribution in [0.25, 0.3) is 0 Å². The van der Waals surface area contributed by atoms with Gasteiger partial charge in [0.05, 0.1) is 6.61 Å². The van der Waals surface area contributed by atoms with Gasteiger partial charge in [-0.2, -0.15) is 0 Å². The van der Waals surface area contributed by atoms with Gasteiger partial charge < -0.3 is 14.9 Å². The maximum Gasteiger partial charge on any atom is 0.188 e. The monoisotopic (exact) mass is 256 g/mol. The highest BCUT2D eigenvalue weighted by Crippen LogP contribution is 2.28. The number of aromatic hydroxyl groups is 2. The molecule has 0 bridgehead atoms. The maximum absolute atomic E-state index is 11.0. The number of hydrogen-bond donors (Lipinski definition) is 2. The minimum atomic E-state index is -0.632. The molecule has 0 atom stereocenters. The molecule has 0 radical (unpaired) electrons. The first-order chi connectivity index (χ1) is 7.78. The second-order valence-corrected chi connectivity index (χ2v) is 5.90. The summed E-state index contributed by atoms with van der Waals surface area (Å²) in [5.41, 5.74) is 0.653. The summed E-state index contributed by atoms with van der Waals surface area (Å²) in [5.74, 6) is -0.0266. The van der Waals surface area contributed by atoms with Crippen molar-refractivity contribution in [1.29, 1.82) is 0 Å². The summed E-state index contributed by atoms with van der Waals surface area (Å²) in [7, 11) is 0. The Morgan fingerprint density at radius 2 is 1.82 bits per heavy atom. The van der Waals surface area contributed by atoms with E-state index < -0.39 is 4.93 Å². The Bertz CT molecular complexity index is 395. The van der Waals surface area contributed by atoms with E-state index in [9.17, 15) is 15.0 Å². The average molecular weight is 256 g/mol. The third kappa shape index (κ3) is 5.10. The molecule has 0 spiro atoms. The summed E-state index contributed by atoms with van der Waals surface area (Å²) in [6.07, 6.45) is 0. The first-order valence-corrected chi connectivity index (χ1v) is 5.95. The standard InChI is InChI=1S/C12H16O4S/c1-8(13)17-12(2,3)16-7-9-4-10(14)6-11(15)5-9/h4-6,14-15H,7H2,1-3H3. The molecule has 0 aromatic heterocycles. The molecule has 0 aliphatic rings. The Kier molecular flexibility index (Phi) is 4.42. The van der Waals surface area contributed by atoms with Gasteiger partial charge in [0.25, 0.3) is 0 Å². The molecule has 0 fully saturated rings. The lowest BCUT2D eigenvalue weighted by atomic mass is 10.2. The molecule has 1 rings (SSSR count). The molecule has 1 aromatic carbocycles. The number of thioether (sulfide) groups is 1. The highest BCUT2D eigenvalue weighted by molar-refractivity contribution is 8.14. The summed E-state index contributed by atoms with van der Waals surface area (Å²) in [4.78, 5) is 10.3. The van der Waals surface area contributed by atoms with Crippen LogP contribution in [-0.4, -0.2) is 20.3 Å². The third-order valence-electron chi connectivity index (χ3n) is 1.94. The van der Waals surface area contributed by atoms with Crippen molar-refractivity contribution in [3.05, 3.63) is 23.8 Å². The predicted octanol–water partition coefficient (Wildman–Crippen LogP) is 2.63. The Morgan fingerprint density at radius 1 is 1.29 bits per heavy atom. The molecule has 5 heteroatoms. The number of rotatable bonds is 4. The van der Waals surface area contributed by atoms with Crippen LogP contribution in [0.4, 0.5) is 0 Å². The molecule has 0 saturated carbocycles. The van der Waals surface area contributed by atoms with Crippen LogP contribution < -0.4 is 0 Å². The number of carbonyl (C=O) groups excluding carboxylic acids is 1. The lowest BCUT2D eigenvalue weighted by Crippen LogP contribution is -2.21. The first kappa shape index (κ1) is 13.9. The zero-order valence-electron chi connectivity index (χ0n) is 10.1. The lowest BCUT2D eigenvalue weighted by Gasteiger charge is -2.23. The zero-order valence-corrected chi connectivity index (χ0v) is 10.9. The number of benzene rings is 1. The lowest BCUT2D eigenvalue weighted by molar-refractivity contribution is -0.109. The summed E-state index contributed by atoms with van der Waals surface area (Å²) in [6, 6.07) is 4.27. The van der Waals surface area contributed by atoms with Gasteiger partial charge in [-0.05, 0) is 31.5 Å². The molecule has 94 valence electrons. The molecule has 0 saturated heterocycles. The average Bonchev–Trinajstić information content (AvgIpc) is 2.11. The number of carbonyl (C=O) groups is 1. The van der Waals surface area contributed by atoms with Crippen LogP contribution in [0.3, 0.4) is 0 Å². The van der Waals surface area contributed by atoms with Crippen molar-refractivity contribution in [3.8, 4) is 11.5 Å². The van der Waals surface area contributed by atoms with Crippen molar-refractivity contribution >= 4 is 16.9 Å². The molecule has 0 unspecified atom stereocenters. The highest BCUT2D eigenvalue weighted by Gasteiger charge is 2.21. The van der Waals surface area contributed by atoms with E-state index in [0.29, 0.717) is 5.56 Å². The molecule has 0 heterocycles. The summed E-state index contributed by atoms with van der Waals surface area (Å²) >= 11 is 1.10. The van der Waals surface area contributed by atoms with Crippen LogP contribution in [0.1, 0.15) is 26.3 Å². The Balaban J connectivity index is 2.63. The molecule has 17 heavy (non-hydrogen) atoms. The molecule has 0 aliphatic carbocycles. The fourth-order valence-electron chi connectivity index (χ4n) is 1.37. The van der Waals surface area contributed by atoms with Gasteiger partial charge in [-0.25, -0.2) is 0 Å². The van der Waals surface area contributed by atoms with E-state index in [2.05, 4.69) is 0 Å². The van der Waals surface area contributed by atoms with Gasteiger partial charge in [-0.15, -0.1) is 0 Å². The van der Waals surface area contributed by atoms with E-state index in [-0.39, 0.29) is 23.2 Å². The second kappa shape index (κ2) is 5.42. The first-order valence-electron chi connectivity index (χ1n) is 5.14. The van der Waals surface area contributed by atoms with Gasteiger partial charge in [0.2, 0.25) is 0 Å². The minimum absolute atomic E-state index is 0.0133. The molecular weight excluding hydrogens is 240 g/mol. The third-order valence-corrected chi connectivity index (χ3v) is 2.84.